The zero-order valence-corrected chi connectivity index (χ0v) is 34.0. The maximum atomic E-state index is 11.9. The van der Waals surface area contributed by atoms with Crippen LogP contribution in [0.25, 0.3) is 0 Å². The smallest absolute Gasteiger partial charge is 0.290 e. The minimum Gasteiger partial charge on any atom is -0.493 e. The Kier molecular flexibility index (Phi) is 13.7. The summed E-state index contributed by atoms with van der Waals surface area (Å²) in [5, 5.41) is 16.5. The lowest BCUT2D eigenvalue weighted by molar-refractivity contribution is -0.385. The van der Waals surface area contributed by atoms with E-state index in [9.17, 15) is 10.1 Å². The normalized spacial score (nSPS) is 15.7. The monoisotopic (exact) mass is 817 g/mol. The number of hydrogen-bond acceptors (Lipinski definition) is 12. The molecular formula is C41H52BrN7O6. The first-order valence-electron chi connectivity index (χ1n) is 19.1. The summed E-state index contributed by atoms with van der Waals surface area (Å²) in [7, 11) is 3.32. The lowest BCUT2D eigenvalue weighted by atomic mass is 10.0. The van der Waals surface area contributed by atoms with Gasteiger partial charge in [0.15, 0.2) is 23.0 Å². The van der Waals surface area contributed by atoms with Crippen LogP contribution in [0.15, 0.2) is 71.3 Å². The molecule has 0 bridgehead atoms. The Bertz CT molecular complexity index is 1880. The number of anilines is 2. The molecule has 0 unspecified atom stereocenters. The van der Waals surface area contributed by atoms with Crippen molar-refractivity contribution in [2.75, 3.05) is 63.6 Å². The number of aryl methyl sites for hydroxylation is 1. The fourth-order valence-corrected chi connectivity index (χ4v) is 7.88. The summed E-state index contributed by atoms with van der Waals surface area (Å²) >= 11 is 3.58. The van der Waals surface area contributed by atoms with E-state index in [1.54, 1.807) is 33.3 Å². The van der Waals surface area contributed by atoms with Crippen molar-refractivity contribution >= 4 is 33.3 Å². The second kappa shape index (κ2) is 18.8. The summed E-state index contributed by atoms with van der Waals surface area (Å²) in [5.41, 5.74) is 2.75. The molecule has 2 fully saturated rings. The molecule has 0 aliphatic carbocycles. The largest absolute Gasteiger partial charge is 0.493 e. The number of nitro groups is 1. The molecule has 294 valence electrons. The number of piperidine rings is 2. The Balaban J connectivity index is 1.26. The number of rotatable bonds is 16. The molecule has 2 saturated heterocycles. The van der Waals surface area contributed by atoms with E-state index in [-0.39, 0.29) is 22.7 Å². The Labute approximate surface area is 332 Å². The average molecular weight is 819 g/mol. The summed E-state index contributed by atoms with van der Waals surface area (Å²) in [6.45, 7) is 11.9. The number of hydrogen-bond donors (Lipinski definition) is 0. The third-order valence-corrected chi connectivity index (χ3v) is 10.8. The van der Waals surface area contributed by atoms with E-state index in [1.807, 2.05) is 44.3 Å². The van der Waals surface area contributed by atoms with Gasteiger partial charge in [-0.25, -0.2) is 9.97 Å². The molecular weight excluding hydrogens is 766 g/mol. The van der Waals surface area contributed by atoms with Gasteiger partial charge in [0.1, 0.15) is 17.3 Å². The van der Waals surface area contributed by atoms with E-state index < -0.39 is 0 Å². The highest BCUT2D eigenvalue weighted by atomic mass is 79.9. The number of methoxy groups -OCH3 is 2. The van der Waals surface area contributed by atoms with Crippen LogP contribution in [0.5, 0.6) is 23.0 Å². The van der Waals surface area contributed by atoms with Crippen molar-refractivity contribution in [1.82, 2.24) is 19.8 Å². The maximum absolute atomic E-state index is 11.9. The fourth-order valence-electron chi connectivity index (χ4n) is 7.65. The van der Waals surface area contributed by atoms with Crippen LogP contribution in [0, 0.1) is 17.0 Å². The molecule has 2 aromatic heterocycles. The van der Waals surface area contributed by atoms with E-state index >= 15 is 0 Å². The molecule has 0 spiro atoms. The van der Waals surface area contributed by atoms with Crippen molar-refractivity contribution in [3.8, 4) is 23.0 Å². The van der Waals surface area contributed by atoms with Crippen LogP contribution in [-0.2, 0) is 13.1 Å². The van der Waals surface area contributed by atoms with Gasteiger partial charge in [-0.2, -0.15) is 0 Å². The van der Waals surface area contributed by atoms with Crippen molar-refractivity contribution in [2.45, 2.75) is 71.6 Å². The highest BCUT2D eigenvalue weighted by Gasteiger charge is 2.37. The lowest BCUT2D eigenvalue weighted by Crippen LogP contribution is -2.59. The Morgan fingerprint density at radius 2 is 1.24 bits per heavy atom. The Hall–Kier alpha value is -4.66. The van der Waals surface area contributed by atoms with E-state index in [0.717, 1.165) is 98.2 Å². The van der Waals surface area contributed by atoms with Crippen LogP contribution >= 0.6 is 15.9 Å². The fraction of sp³-hybridized carbons (Fsp3) is 0.463. The molecule has 6 rings (SSSR count). The molecule has 4 heterocycles. The van der Waals surface area contributed by atoms with Gasteiger partial charge in [-0.1, -0.05) is 12.1 Å². The van der Waals surface area contributed by atoms with Gasteiger partial charge in [0.25, 0.3) is 5.69 Å². The number of ether oxygens (including phenoxy) is 4. The predicted molar refractivity (Wildman–Crippen MR) is 217 cm³/mol. The summed E-state index contributed by atoms with van der Waals surface area (Å²) in [4.78, 5) is 26.3. The molecule has 2 aromatic carbocycles. The quantitative estimate of drug-likeness (QED) is 0.0810. The zero-order valence-electron chi connectivity index (χ0n) is 32.4. The third kappa shape index (κ3) is 9.78. The zero-order chi connectivity index (χ0) is 38.9. The van der Waals surface area contributed by atoms with E-state index in [1.165, 1.54) is 11.1 Å². The van der Waals surface area contributed by atoms with E-state index in [4.69, 9.17) is 28.9 Å². The summed E-state index contributed by atoms with van der Waals surface area (Å²) in [6, 6.07) is 20.0. The number of nitrogens with zero attached hydrogens (tertiary/aromatic N) is 7. The SMILES string of the molecule is CCOc1cc(CN2CCC(N(c3ccc(Br)cn3)N(c3ccc([N+](=O)[O-])c(C)n3)C3CCN(Cc4ccc(OC)c(OCC)c4)CC3)CC2)ccc1OC. The molecule has 0 amide bonds. The number of likely N-dealkylation sites (tertiary alicyclic amines) is 2. The third-order valence-electron chi connectivity index (χ3n) is 10.3. The van der Waals surface area contributed by atoms with Crippen LogP contribution in [0.4, 0.5) is 17.3 Å². The van der Waals surface area contributed by atoms with Crippen molar-refractivity contribution in [3.05, 3.63) is 98.3 Å². The maximum Gasteiger partial charge on any atom is 0.290 e. The molecule has 0 N–H and O–H groups in total. The number of halogens is 1. The van der Waals surface area contributed by atoms with E-state index in [0.29, 0.717) is 24.7 Å². The second-order valence-electron chi connectivity index (χ2n) is 13.9. The average Bonchev–Trinajstić information content (AvgIpc) is 3.19. The van der Waals surface area contributed by atoms with Gasteiger partial charge in [-0.05, 0) is 116 Å². The molecule has 4 aromatic rings. The van der Waals surface area contributed by atoms with Crippen molar-refractivity contribution in [1.29, 1.82) is 0 Å². The molecule has 0 radical (unpaired) electrons. The minimum absolute atomic E-state index is 0.0112. The summed E-state index contributed by atoms with van der Waals surface area (Å²) < 4.78 is 23.6. The van der Waals surface area contributed by atoms with Gasteiger partial charge >= 0.3 is 0 Å². The summed E-state index contributed by atoms with van der Waals surface area (Å²) in [5.74, 6) is 4.49. The van der Waals surface area contributed by atoms with Gasteiger partial charge < -0.3 is 18.9 Å². The number of aromatic nitrogens is 2. The van der Waals surface area contributed by atoms with Gasteiger partial charge in [0.05, 0.1) is 44.4 Å². The van der Waals surface area contributed by atoms with Crippen LogP contribution in [0.2, 0.25) is 0 Å². The first kappa shape index (κ1) is 40.0. The van der Waals surface area contributed by atoms with E-state index in [2.05, 4.69) is 60.0 Å². The molecule has 55 heavy (non-hydrogen) atoms. The van der Waals surface area contributed by atoms with Crippen LogP contribution in [0.1, 0.15) is 56.4 Å². The standard InChI is InChI=1S/C41H52BrN7O6/c1-6-54-38-24-30(8-12-36(38)52-4)27-45-20-16-33(17-21-45)47(40-14-10-32(42)26-43-40)48(41-15-11-35(49(50)51)29(3)44-41)34-18-22-46(23-19-34)28-31-9-13-37(53-5)39(25-31)55-7-2/h8-15,24-26,33-34H,6-7,16-23,27-28H2,1-5H3. The molecule has 14 heteroatoms. The number of pyridine rings is 2. The molecule has 2 aliphatic heterocycles. The highest BCUT2D eigenvalue weighted by molar-refractivity contribution is 9.10. The van der Waals surface area contributed by atoms with Gasteiger partial charge in [-0.3, -0.25) is 29.9 Å². The molecule has 2 aliphatic rings. The predicted octanol–water partition coefficient (Wildman–Crippen LogP) is 7.83. The van der Waals surface area contributed by atoms with Crippen LogP contribution in [-0.4, -0.2) is 90.4 Å². The van der Waals surface area contributed by atoms with Crippen molar-refractivity contribution in [2.24, 2.45) is 0 Å². The van der Waals surface area contributed by atoms with Crippen LogP contribution in [0.3, 0.4) is 0 Å². The number of hydrazine groups is 1. The summed E-state index contributed by atoms with van der Waals surface area (Å²) in [6.07, 6.45) is 5.37. The number of benzene rings is 2. The van der Waals surface area contributed by atoms with Gasteiger partial charge in [0.2, 0.25) is 0 Å². The highest BCUT2D eigenvalue weighted by Crippen LogP contribution is 2.35. The topological polar surface area (TPSA) is 119 Å². The molecule has 0 atom stereocenters. The molecule has 0 saturated carbocycles. The second-order valence-corrected chi connectivity index (χ2v) is 14.8. The first-order valence-corrected chi connectivity index (χ1v) is 19.9. The molecule has 13 nitrogen and oxygen atoms in total. The first-order chi connectivity index (χ1) is 26.7. The van der Waals surface area contributed by atoms with Crippen molar-refractivity contribution < 1.29 is 23.9 Å². The van der Waals surface area contributed by atoms with Crippen molar-refractivity contribution in [3.63, 3.8) is 0 Å². The van der Waals surface area contributed by atoms with Gasteiger partial charge in [-0.15, -0.1) is 0 Å². The Morgan fingerprint density at radius 3 is 1.65 bits per heavy atom. The lowest BCUT2D eigenvalue weighted by Gasteiger charge is -2.49. The Morgan fingerprint density at radius 1 is 0.745 bits per heavy atom. The van der Waals surface area contributed by atoms with Crippen LogP contribution < -0.4 is 29.0 Å². The minimum atomic E-state index is -0.366. The van der Waals surface area contributed by atoms with Gasteiger partial charge in [0, 0.05) is 56.0 Å².